The number of para-hydroxylation sites is 1. The Kier molecular flexibility index (Phi) is 11.6. The third-order valence-corrected chi connectivity index (χ3v) is 13.7. The number of aromatic nitrogens is 3. The zero-order valence-corrected chi connectivity index (χ0v) is 43.5. The van der Waals surface area contributed by atoms with Gasteiger partial charge in [-0.15, -0.1) is 29.3 Å². The first-order valence-corrected chi connectivity index (χ1v) is 23.2. The van der Waals surface area contributed by atoms with Crippen molar-refractivity contribution in [1.82, 2.24) is 14.5 Å². The minimum absolute atomic E-state index is 0. The Hall–Kier alpha value is -5.57. The van der Waals surface area contributed by atoms with E-state index in [-0.39, 0.29) is 53.9 Å². The van der Waals surface area contributed by atoms with Crippen LogP contribution in [0.3, 0.4) is 0 Å². The van der Waals surface area contributed by atoms with E-state index >= 15 is 0 Å². The average Bonchev–Trinajstić information content (AvgIpc) is 3.74. The largest absolute Gasteiger partial charge is 0.507 e. The van der Waals surface area contributed by atoms with E-state index < -0.39 is 0 Å². The summed E-state index contributed by atoms with van der Waals surface area (Å²) in [6.07, 6.45) is 1.97. The van der Waals surface area contributed by atoms with Crippen LogP contribution in [-0.4, -0.2) is 19.6 Å². The molecule has 0 spiro atoms. The van der Waals surface area contributed by atoms with Gasteiger partial charge in [-0.05, 0) is 90.9 Å². The van der Waals surface area contributed by atoms with Gasteiger partial charge in [-0.2, -0.15) is 0 Å². The summed E-state index contributed by atoms with van der Waals surface area (Å²) in [5.41, 5.74) is 18.1. The predicted octanol–water partition coefficient (Wildman–Crippen LogP) is 16.1. The fourth-order valence-corrected chi connectivity index (χ4v) is 9.72. The first-order valence-electron chi connectivity index (χ1n) is 23.2. The number of benzene rings is 6. The number of phenols is 1. The maximum absolute atomic E-state index is 12.6. The Morgan fingerprint density at radius 2 is 1.15 bits per heavy atom. The summed E-state index contributed by atoms with van der Waals surface area (Å²) >= 11 is 0. The van der Waals surface area contributed by atoms with Crippen molar-refractivity contribution in [3.05, 3.63) is 167 Å². The summed E-state index contributed by atoms with van der Waals surface area (Å²) in [7, 11) is 0. The van der Waals surface area contributed by atoms with Crippen molar-refractivity contribution in [2.24, 2.45) is 0 Å². The number of aromatic hydroxyl groups is 1. The van der Waals surface area contributed by atoms with E-state index in [2.05, 4.69) is 229 Å². The van der Waals surface area contributed by atoms with Crippen LogP contribution in [0.25, 0.3) is 72.7 Å². The second-order valence-electron chi connectivity index (χ2n) is 22.9. The van der Waals surface area contributed by atoms with Gasteiger partial charge in [0.15, 0.2) is 0 Å². The van der Waals surface area contributed by atoms with E-state index in [0.29, 0.717) is 11.4 Å². The first-order chi connectivity index (χ1) is 30.4. The van der Waals surface area contributed by atoms with Crippen molar-refractivity contribution < 1.29 is 26.2 Å². The van der Waals surface area contributed by atoms with Gasteiger partial charge in [0.2, 0.25) is 0 Å². The second kappa shape index (κ2) is 16.3. The summed E-state index contributed by atoms with van der Waals surface area (Å²) in [5, 5.41) is 12.6. The smallest absolute Gasteiger partial charge is 0.148 e. The monoisotopic (exact) mass is 1050 g/mol. The van der Waals surface area contributed by atoms with Gasteiger partial charge in [0.25, 0.3) is 0 Å². The molecule has 0 unspecified atom stereocenters. The molecule has 9 rings (SSSR count). The average molecular weight is 1050 g/mol. The molecule has 0 radical (unpaired) electrons. The summed E-state index contributed by atoms with van der Waals surface area (Å²) in [4.78, 5) is 10.9. The number of fused-ring (bicyclic) bond motifs is 4. The molecule has 66 heavy (non-hydrogen) atoms. The van der Waals surface area contributed by atoms with E-state index in [0.717, 1.165) is 61.4 Å². The number of hydrogen-bond donors (Lipinski definition) is 1. The molecule has 1 aliphatic carbocycles. The van der Waals surface area contributed by atoms with E-state index in [1.54, 1.807) is 0 Å². The zero-order chi connectivity index (χ0) is 46.6. The number of rotatable bonds is 5. The van der Waals surface area contributed by atoms with Crippen molar-refractivity contribution in [1.29, 1.82) is 0 Å². The van der Waals surface area contributed by atoms with Crippen LogP contribution in [0.2, 0.25) is 0 Å². The summed E-state index contributed by atoms with van der Waals surface area (Å²) in [5.74, 6) is 0.947. The van der Waals surface area contributed by atoms with Gasteiger partial charge in [0.1, 0.15) is 11.6 Å². The predicted molar refractivity (Wildman–Crippen MR) is 273 cm³/mol. The Bertz CT molecular complexity index is 3160. The van der Waals surface area contributed by atoms with Crippen LogP contribution in [0, 0.1) is 6.07 Å². The third kappa shape index (κ3) is 8.08. The van der Waals surface area contributed by atoms with Crippen molar-refractivity contribution in [2.45, 2.75) is 124 Å². The van der Waals surface area contributed by atoms with Gasteiger partial charge >= 0.3 is 0 Å². The van der Waals surface area contributed by atoms with Crippen LogP contribution in [0.5, 0.6) is 5.75 Å². The number of phenolic OH excluding ortho intramolecular Hbond substituents is 1. The molecular weight excluding hydrogens is 986 g/mol. The quantitative estimate of drug-likeness (QED) is 0.175. The molecule has 0 atom stereocenters. The van der Waals surface area contributed by atoms with Crippen LogP contribution in [0.4, 0.5) is 0 Å². The van der Waals surface area contributed by atoms with Crippen LogP contribution in [0.1, 0.15) is 130 Å². The molecule has 4 nitrogen and oxygen atoms in total. The van der Waals surface area contributed by atoms with Crippen molar-refractivity contribution in [3.63, 3.8) is 0 Å². The molecule has 0 bridgehead atoms. The second-order valence-corrected chi connectivity index (χ2v) is 22.9. The molecule has 0 fully saturated rings. The summed E-state index contributed by atoms with van der Waals surface area (Å²) in [6.45, 7) is 31.5. The Morgan fingerprint density at radius 1 is 0.545 bits per heavy atom. The molecule has 2 heterocycles. The first kappa shape index (κ1) is 46.9. The minimum atomic E-state index is -0.328. The van der Waals surface area contributed by atoms with Crippen molar-refractivity contribution in [2.75, 3.05) is 0 Å². The summed E-state index contributed by atoms with van der Waals surface area (Å²) < 4.78 is 2.29. The minimum Gasteiger partial charge on any atom is -0.507 e. The molecule has 0 saturated carbocycles. The molecule has 8 aromatic rings. The van der Waals surface area contributed by atoms with Gasteiger partial charge in [-0.3, -0.25) is 9.55 Å². The zero-order valence-electron chi connectivity index (χ0n) is 41.2. The number of hydrogen-bond acceptors (Lipinski definition) is 3. The fraction of sp³-hybridized carbons (Fsp3) is 0.311. The van der Waals surface area contributed by atoms with Crippen molar-refractivity contribution >= 4 is 11.0 Å². The summed E-state index contributed by atoms with van der Waals surface area (Å²) in [6, 6.07) is 47.9. The number of nitrogens with zero attached hydrogens (tertiary/aromatic N) is 3. The van der Waals surface area contributed by atoms with Gasteiger partial charge in [-0.1, -0.05) is 187 Å². The van der Waals surface area contributed by atoms with Crippen molar-refractivity contribution in [3.8, 4) is 67.5 Å². The molecule has 6 aromatic carbocycles. The van der Waals surface area contributed by atoms with E-state index in [4.69, 9.17) is 9.97 Å². The maximum Gasteiger partial charge on any atom is 0.148 e. The van der Waals surface area contributed by atoms with Crippen LogP contribution < -0.4 is 0 Å². The molecule has 0 aliphatic heterocycles. The van der Waals surface area contributed by atoms with Crippen LogP contribution >= 0.6 is 0 Å². The Balaban J connectivity index is 0.00000592. The van der Waals surface area contributed by atoms with E-state index in [1.165, 1.54) is 33.4 Å². The Morgan fingerprint density at radius 3 is 1.82 bits per heavy atom. The van der Waals surface area contributed by atoms with Gasteiger partial charge in [0.05, 0.1) is 22.3 Å². The third-order valence-electron chi connectivity index (χ3n) is 13.7. The maximum atomic E-state index is 12.6. The number of imidazole rings is 1. The molecule has 0 amide bonds. The van der Waals surface area contributed by atoms with Gasteiger partial charge in [-0.25, -0.2) is 4.98 Å². The standard InChI is InChI=1S/C61H64N3O.Pt/c1-57(2,3)40-27-28-50(45(34-40)37-21-16-15-17-22-37)64-51-26-20-24-43(54(51)63-56(64)46-35-42(59(7,8)9)36-49(55(46)65)60(10,11)12)38-31-39(33-41(32-38)58(4,5)6)53-52-44-23-18-19-25-47(44)61(13,14)48(52)29-30-62-53;/h15-30,32-36,65H,1-14H3;/q-1;. The van der Waals surface area contributed by atoms with Gasteiger partial charge < -0.3 is 5.11 Å². The molecule has 1 N–H and O–H groups in total. The van der Waals surface area contributed by atoms with Gasteiger partial charge in [0, 0.05) is 49.5 Å². The molecule has 5 heteroatoms. The normalized spacial score (nSPS) is 13.7. The SMILES string of the molecule is CC(C)(C)c1cc(-c2nccc3c2-c2ccccc2C3(C)C)[c-]c(-c2cccc3c2nc(-c2cc(C(C)(C)C)cc(C(C)(C)C)c2O)n3-c2ccc(C(C)(C)C)cc2-c2ccccc2)c1.[Pt]. The Labute approximate surface area is 407 Å². The van der Waals surface area contributed by atoms with E-state index in [9.17, 15) is 5.11 Å². The molecule has 0 saturated heterocycles. The number of pyridine rings is 1. The van der Waals surface area contributed by atoms with Crippen LogP contribution in [-0.2, 0) is 48.1 Å². The molecular formula is C61H64N3OPt-. The fourth-order valence-electron chi connectivity index (χ4n) is 9.72. The van der Waals surface area contributed by atoms with E-state index in [1.807, 2.05) is 6.20 Å². The molecule has 1 aliphatic rings. The van der Waals surface area contributed by atoms with Crippen LogP contribution in [0.15, 0.2) is 128 Å². The molecule has 2 aromatic heterocycles. The topological polar surface area (TPSA) is 50.9 Å². The molecule has 340 valence electrons.